The number of aliphatic hydroxyl groups excluding tert-OH is 1. The van der Waals surface area contributed by atoms with Gasteiger partial charge in [0.05, 0.1) is 0 Å². The van der Waals surface area contributed by atoms with Crippen molar-refractivity contribution in [3.63, 3.8) is 0 Å². The second kappa shape index (κ2) is 7.80. The number of hydrogen-bond acceptors (Lipinski definition) is 3. The number of allylic oxidation sites excluding steroid dienone is 1. The summed E-state index contributed by atoms with van der Waals surface area (Å²) < 4.78 is 4.67. The average molecular weight is 186 g/mol. The first-order valence-corrected chi connectivity index (χ1v) is 4.72. The third-order valence-electron chi connectivity index (χ3n) is 1.61. The molecule has 0 saturated carbocycles. The Bertz CT molecular complexity index is 164. The van der Waals surface area contributed by atoms with Gasteiger partial charge in [-0.3, -0.25) is 0 Å². The van der Waals surface area contributed by atoms with Crippen molar-refractivity contribution in [3.05, 3.63) is 12.2 Å². The highest BCUT2D eigenvalue weighted by molar-refractivity contribution is 5.81. The van der Waals surface area contributed by atoms with E-state index in [1.165, 1.54) is 6.08 Å². The first-order chi connectivity index (χ1) is 6.20. The standard InChI is InChI=1S/C10H18O3/c1-3-5-6-8-10(12)13-9(11)7-4-2/h4,7,10,12H,3,5-6,8H2,1-2H3/b7-4+/t10-/m0/s1. The van der Waals surface area contributed by atoms with Crippen molar-refractivity contribution in [1.82, 2.24) is 0 Å². The summed E-state index contributed by atoms with van der Waals surface area (Å²) in [6.45, 7) is 3.81. The van der Waals surface area contributed by atoms with Crippen LogP contribution in [0.25, 0.3) is 0 Å². The van der Waals surface area contributed by atoms with E-state index in [-0.39, 0.29) is 0 Å². The van der Waals surface area contributed by atoms with Gasteiger partial charge in [-0.05, 0) is 13.3 Å². The van der Waals surface area contributed by atoms with Gasteiger partial charge in [0.15, 0.2) is 0 Å². The second-order valence-corrected chi connectivity index (χ2v) is 2.89. The van der Waals surface area contributed by atoms with Crippen molar-refractivity contribution in [2.24, 2.45) is 0 Å². The summed E-state index contributed by atoms with van der Waals surface area (Å²) >= 11 is 0. The first-order valence-electron chi connectivity index (χ1n) is 4.72. The fourth-order valence-electron chi connectivity index (χ4n) is 0.937. The molecule has 0 radical (unpaired) electrons. The summed E-state index contributed by atoms with van der Waals surface area (Å²) in [5.41, 5.74) is 0. The maximum absolute atomic E-state index is 10.8. The van der Waals surface area contributed by atoms with E-state index in [4.69, 9.17) is 0 Å². The molecule has 0 bridgehead atoms. The third kappa shape index (κ3) is 7.53. The molecular formula is C10H18O3. The van der Waals surface area contributed by atoms with Crippen molar-refractivity contribution in [2.75, 3.05) is 0 Å². The molecule has 1 N–H and O–H groups in total. The number of esters is 1. The molecule has 0 aliphatic carbocycles. The predicted molar refractivity (Wildman–Crippen MR) is 51.1 cm³/mol. The Morgan fingerprint density at radius 2 is 2.23 bits per heavy atom. The van der Waals surface area contributed by atoms with Gasteiger partial charge in [0.2, 0.25) is 6.29 Å². The normalized spacial score (nSPS) is 13.2. The highest BCUT2D eigenvalue weighted by atomic mass is 16.6. The summed E-state index contributed by atoms with van der Waals surface area (Å²) in [7, 11) is 0. The lowest BCUT2D eigenvalue weighted by Crippen LogP contribution is -2.15. The lowest BCUT2D eigenvalue weighted by molar-refractivity contribution is -0.162. The summed E-state index contributed by atoms with van der Waals surface area (Å²) in [5.74, 6) is -0.480. The lowest BCUT2D eigenvalue weighted by Gasteiger charge is -2.09. The van der Waals surface area contributed by atoms with Crippen LogP contribution in [0.4, 0.5) is 0 Å². The summed E-state index contributed by atoms with van der Waals surface area (Å²) in [4.78, 5) is 10.8. The second-order valence-electron chi connectivity index (χ2n) is 2.89. The fourth-order valence-corrected chi connectivity index (χ4v) is 0.937. The van der Waals surface area contributed by atoms with Crippen LogP contribution in [0.5, 0.6) is 0 Å². The van der Waals surface area contributed by atoms with E-state index in [0.717, 1.165) is 19.3 Å². The Morgan fingerprint density at radius 1 is 1.54 bits per heavy atom. The Balaban J connectivity index is 3.49. The van der Waals surface area contributed by atoms with Gasteiger partial charge < -0.3 is 9.84 Å². The van der Waals surface area contributed by atoms with Crippen LogP contribution in [0.2, 0.25) is 0 Å². The molecule has 1 atom stereocenters. The Hall–Kier alpha value is -0.830. The molecule has 0 aromatic carbocycles. The SMILES string of the molecule is C/C=C/C(=O)O[C@H](O)CCCCC. The van der Waals surface area contributed by atoms with E-state index in [1.807, 2.05) is 0 Å². The first kappa shape index (κ1) is 12.2. The number of unbranched alkanes of at least 4 members (excludes halogenated alkanes) is 2. The molecule has 3 nitrogen and oxygen atoms in total. The molecule has 0 rings (SSSR count). The van der Waals surface area contributed by atoms with Gasteiger partial charge in [-0.15, -0.1) is 0 Å². The minimum absolute atomic E-state index is 0.480. The molecule has 0 aromatic rings. The van der Waals surface area contributed by atoms with Crippen LogP contribution in [-0.4, -0.2) is 17.4 Å². The molecule has 0 unspecified atom stereocenters. The largest absolute Gasteiger partial charge is 0.433 e. The number of hydrogen-bond donors (Lipinski definition) is 1. The molecule has 0 amide bonds. The Morgan fingerprint density at radius 3 is 2.77 bits per heavy atom. The number of aliphatic hydroxyl groups is 1. The van der Waals surface area contributed by atoms with Gasteiger partial charge in [0.25, 0.3) is 0 Å². The van der Waals surface area contributed by atoms with Crippen LogP contribution in [0.1, 0.15) is 39.5 Å². The predicted octanol–water partition coefficient (Wildman–Crippen LogP) is 2.00. The smallest absolute Gasteiger partial charge is 0.332 e. The zero-order chi connectivity index (χ0) is 10.1. The quantitative estimate of drug-likeness (QED) is 0.299. The van der Waals surface area contributed by atoms with Crippen LogP contribution in [0, 0.1) is 0 Å². The molecular weight excluding hydrogens is 168 g/mol. The molecule has 0 aliphatic heterocycles. The van der Waals surface area contributed by atoms with E-state index >= 15 is 0 Å². The highest BCUT2D eigenvalue weighted by Gasteiger charge is 2.06. The maximum atomic E-state index is 10.8. The molecule has 0 fully saturated rings. The topological polar surface area (TPSA) is 46.5 Å². The minimum Gasteiger partial charge on any atom is -0.433 e. The van der Waals surface area contributed by atoms with E-state index in [2.05, 4.69) is 11.7 Å². The molecule has 0 spiro atoms. The van der Waals surface area contributed by atoms with Crippen molar-refractivity contribution in [3.8, 4) is 0 Å². The molecule has 0 heterocycles. The molecule has 3 heteroatoms. The third-order valence-corrected chi connectivity index (χ3v) is 1.61. The monoisotopic (exact) mass is 186 g/mol. The molecule has 76 valence electrons. The van der Waals surface area contributed by atoms with Gasteiger partial charge in [-0.2, -0.15) is 0 Å². The zero-order valence-corrected chi connectivity index (χ0v) is 8.32. The molecule has 0 aromatic heterocycles. The summed E-state index contributed by atoms with van der Waals surface area (Å²) in [6.07, 6.45) is 5.49. The van der Waals surface area contributed by atoms with Crippen molar-refractivity contribution in [2.45, 2.75) is 45.8 Å². The lowest BCUT2D eigenvalue weighted by atomic mass is 10.2. The van der Waals surface area contributed by atoms with E-state index < -0.39 is 12.3 Å². The number of ether oxygens (including phenoxy) is 1. The molecule has 13 heavy (non-hydrogen) atoms. The average Bonchev–Trinajstić information content (AvgIpc) is 2.05. The van der Waals surface area contributed by atoms with Crippen LogP contribution in [0.3, 0.4) is 0 Å². The van der Waals surface area contributed by atoms with Gasteiger partial charge in [-0.1, -0.05) is 25.8 Å². The van der Waals surface area contributed by atoms with Crippen molar-refractivity contribution in [1.29, 1.82) is 0 Å². The minimum atomic E-state index is -0.949. The van der Waals surface area contributed by atoms with Gasteiger partial charge >= 0.3 is 5.97 Å². The van der Waals surface area contributed by atoms with Crippen LogP contribution >= 0.6 is 0 Å². The van der Waals surface area contributed by atoms with E-state index in [9.17, 15) is 9.90 Å². The highest BCUT2D eigenvalue weighted by Crippen LogP contribution is 2.04. The summed E-state index contributed by atoms with van der Waals surface area (Å²) in [6, 6.07) is 0. The van der Waals surface area contributed by atoms with Crippen LogP contribution in [0.15, 0.2) is 12.2 Å². The van der Waals surface area contributed by atoms with Crippen LogP contribution in [-0.2, 0) is 9.53 Å². The fraction of sp³-hybridized carbons (Fsp3) is 0.700. The summed E-state index contributed by atoms with van der Waals surface area (Å²) in [5, 5.41) is 9.20. The molecule has 0 aliphatic rings. The van der Waals surface area contributed by atoms with Crippen molar-refractivity contribution < 1.29 is 14.6 Å². The number of carbonyl (C=O) groups is 1. The van der Waals surface area contributed by atoms with Gasteiger partial charge in [0.1, 0.15) is 0 Å². The van der Waals surface area contributed by atoms with E-state index in [0.29, 0.717) is 6.42 Å². The Kier molecular flexibility index (Phi) is 7.30. The zero-order valence-electron chi connectivity index (χ0n) is 8.32. The van der Waals surface area contributed by atoms with E-state index in [1.54, 1.807) is 13.0 Å². The van der Waals surface area contributed by atoms with Crippen molar-refractivity contribution >= 4 is 5.97 Å². The molecule has 0 saturated heterocycles. The Labute approximate surface area is 79.4 Å². The van der Waals surface area contributed by atoms with Gasteiger partial charge in [0, 0.05) is 12.5 Å². The van der Waals surface area contributed by atoms with Crippen LogP contribution < -0.4 is 0 Å². The maximum Gasteiger partial charge on any atom is 0.332 e. The van der Waals surface area contributed by atoms with Gasteiger partial charge in [-0.25, -0.2) is 4.79 Å². The number of carbonyl (C=O) groups excluding carboxylic acids is 1. The number of rotatable bonds is 6.